The number of rotatable bonds is 2. The number of hydrogen-bond donors (Lipinski definition) is 1. The zero-order chi connectivity index (χ0) is 17.3. The number of ether oxygens (including phenoxy) is 1. The third-order valence-electron chi connectivity index (χ3n) is 4.11. The summed E-state index contributed by atoms with van der Waals surface area (Å²) in [6.07, 6.45) is 2.51. The minimum absolute atomic E-state index is 0.231. The maximum absolute atomic E-state index is 12.2. The number of likely N-dealkylation sites (tertiary alicyclic amines) is 1. The highest BCUT2D eigenvalue weighted by Crippen LogP contribution is 2.24. The summed E-state index contributed by atoms with van der Waals surface area (Å²) < 4.78 is 5.45. The molecule has 1 aromatic heterocycles. The van der Waals surface area contributed by atoms with Crippen LogP contribution in [0.5, 0.6) is 0 Å². The molecule has 5 heteroatoms. The lowest BCUT2D eigenvalue weighted by Crippen LogP contribution is -2.36. The fourth-order valence-corrected chi connectivity index (χ4v) is 3.06. The van der Waals surface area contributed by atoms with Crippen LogP contribution in [0.2, 0.25) is 0 Å². The number of aromatic nitrogens is 1. The minimum atomic E-state index is -0.453. The topological polar surface area (TPSA) is 54.5 Å². The standard InChI is InChI=1S/C19H25N3O2/c1-13-10-16(11-14-6-5-8-20-17(13)14)21-15-7-9-22(12-15)18(23)24-19(2,3)4/h5-6,8,10-11,15,21H,7,9,12H2,1-4H3. The molecule has 1 fully saturated rings. The Bertz CT molecular complexity index is 752. The first kappa shape index (κ1) is 16.6. The van der Waals surface area contributed by atoms with Gasteiger partial charge in [-0.2, -0.15) is 0 Å². The van der Waals surface area contributed by atoms with E-state index in [1.54, 1.807) is 4.90 Å². The van der Waals surface area contributed by atoms with Crippen molar-refractivity contribution in [1.82, 2.24) is 9.88 Å². The number of nitrogens with zero attached hydrogens (tertiary/aromatic N) is 2. The van der Waals surface area contributed by atoms with Crippen LogP contribution in [0.3, 0.4) is 0 Å². The molecule has 128 valence electrons. The molecular formula is C19H25N3O2. The number of nitrogens with one attached hydrogen (secondary N) is 1. The number of amides is 1. The molecule has 24 heavy (non-hydrogen) atoms. The maximum atomic E-state index is 12.2. The highest BCUT2D eigenvalue weighted by Gasteiger charge is 2.29. The van der Waals surface area contributed by atoms with Crippen molar-refractivity contribution in [3.8, 4) is 0 Å². The Morgan fingerprint density at radius 3 is 2.92 bits per heavy atom. The number of carbonyl (C=O) groups is 1. The number of aryl methyl sites for hydroxylation is 1. The minimum Gasteiger partial charge on any atom is -0.444 e. The summed E-state index contributed by atoms with van der Waals surface area (Å²) in [7, 11) is 0. The van der Waals surface area contributed by atoms with E-state index >= 15 is 0 Å². The van der Waals surface area contributed by atoms with Gasteiger partial charge in [0.2, 0.25) is 0 Å². The van der Waals surface area contributed by atoms with Crippen molar-refractivity contribution in [1.29, 1.82) is 0 Å². The lowest BCUT2D eigenvalue weighted by Gasteiger charge is -2.24. The second-order valence-electron chi connectivity index (χ2n) is 7.42. The van der Waals surface area contributed by atoms with Gasteiger partial charge in [0, 0.05) is 36.4 Å². The van der Waals surface area contributed by atoms with Crippen LogP contribution in [0.15, 0.2) is 30.5 Å². The summed E-state index contributed by atoms with van der Waals surface area (Å²) in [5.74, 6) is 0. The first-order valence-electron chi connectivity index (χ1n) is 8.42. The van der Waals surface area contributed by atoms with E-state index in [-0.39, 0.29) is 12.1 Å². The van der Waals surface area contributed by atoms with Crippen molar-refractivity contribution in [2.45, 2.75) is 45.8 Å². The third kappa shape index (κ3) is 3.78. The normalized spacial score (nSPS) is 18.0. The predicted octanol–water partition coefficient (Wildman–Crippen LogP) is 3.96. The van der Waals surface area contributed by atoms with E-state index < -0.39 is 5.60 Å². The van der Waals surface area contributed by atoms with E-state index in [1.165, 1.54) is 0 Å². The maximum Gasteiger partial charge on any atom is 0.410 e. The number of hydrogen-bond acceptors (Lipinski definition) is 4. The molecular weight excluding hydrogens is 302 g/mol. The summed E-state index contributed by atoms with van der Waals surface area (Å²) in [4.78, 5) is 18.4. The molecule has 1 aromatic carbocycles. The molecule has 0 saturated carbocycles. The summed E-state index contributed by atoms with van der Waals surface area (Å²) in [6.45, 7) is 9.13. The Kier molecular flexibility index (Phi) is 4.35. The van der Waals surface area contributed by atoms with Gasteiger partial charge in [0.15, 0.2) is 0 Å². The number of benzene rings is 1. The van der Waals surface area contributed by atoms with Crippen LogP contribution in [-0.2, 0) is 4.74 Å². The first-order valence-corrected chi connectivity index (χ1v) is 8.42. The van der Waals surface area contributed by atoms with Gasteiger partial charge < -0.3 is 15.0 Å². The molecule has 0 spiro atoms. The Morgan fingerprint density at radius 1 is 1.38 bits per heavy atom. The van der Waals surface area contributed by atoms with Gasteiger partial charge in [-0.3, -0.25) is 4.98 Å². The Balaban J connectivity index is 1.66. The fraction of sp³-hybridized carbons (Fsp3) is 0.474. The Labute approximate surface area is 143 Å². The second-order valence-corrected chi connectivity index (χ2v) is 7.42. The van der Waals surface area contributed by atoms with E-state index in [9.17, 15) is 4.79 Å². The molecule has 3 rings (SSSR count). The van der Waals surface area contributed by atoms with Crippen LogP contribution < -0.4 is 5.32 Å². The number of carbonyl (C=O) groups excluding carboxylic acids is 1. The molecule has 1 atom stereocenters. The highest BCUT2D eigenvalue weighted by molar-refractivity contribution is 5.85. The average molecular weight is 327 g/mol. The fourth-order valence-electron chi connectivity index (χ4n) is 3.06. The van der Waals surface area contributed by atoms with Crippen molar-refractivity contribution >= 4 is 22.7 Å². The SMILES string of the molecule is Cc1cc(NC2CCN(C(=O)OC(C)(C)C)C2)cc2cccnc12. The first-order chi connectivity index (χ1) is 11.3. The smallest absolute Gasteiger partial charge is 0.410 e. The Morgan fingerprint density at radius 2 is 2.17 bits per heavy atom. The molecule has 0 bridgehead atoms. The second kappa shape index (κ2) is 6.30. The molecule has 1 saturated heterocycles. The van der Waals surface area contributed by atoms with Crippen LogP contribution >= 0.6 is 0 Å². The van der Waals surface area contributed by atoms with Crippen molar-refractivity contribution in [3.63, 3.8) is 0 Å². The van der Waals surface area contributed by atoms with E-state index in [4.69, 9.17) is 4.74 Å². The van der Waals surface area contributed by atoms with Gasteiger partial charge in [0.1, 0.15) is 5.60 Å². The summed E-state index contributed by atoms with van der Waals surface area (Å²) >= 11 is 0. The lowest BCUT2D eigenvalue weighted by molar-refractivity contribution is 0.0293. The molecule has 5 nitrogen and oxygen atoms in total. The quantitative estimate of drug-likeness (QED) is 0.907. The van der Waals surface area contributed by atoms with Gasteiger partial charge in [0.25, 0.3) is 0 Å². The molecule has 0 aliphatic carbocycles. The van der Waals surface area contributed by atoms with E-state index in [1.807, 2.05) is 33.0 Å². The number of fused-ring (bicyclic) bond motifs is 1. The van der Waals surface area contributed by atoms with Crippen LogP contribution in [0.4, 0.5) is 10.5 Å². The average Bonchev–Trinajstić information content (AvgIpc) is 2.94. The van der Waals surface area contributed by atoms with Gasteiger partial charge in [-0.05, 0) is 57.9 Å². The largest absolute Gasteiger partial charge is 0.444 e. The highest BCUT2D eigenvalue weighted by atomic mass is 16.6. The summed E-state index contributed by atoms with van der Waals surface area (Å²) in [5, 5.41) is 4.67. The van der Waals surface area contributed by atoms with Crippen molar-refractivity contribution < 1.29 is 9.53 Å². The molecule has 1 aliphatic rings. The molecule has 2 aromatic rings. The zero-order valence-electron chi connectivity index (χ0n) is 14.8. The van der Waals surface area contributed by atoms with Gasteiger partial charge in [-0.25, -0.2) is 4.79 Å². The number of anilines is 1. The van der Waals surface area contributed by atoms with Gasteiger partial charge >= 0.3 is 6.09 Å². The molecule has 0 radical (unpaired) electrons. The molecule has 1 aliphatic heterocycles. The lowest BCUT2D eigenvalue weighted by atomic mass is 10.1. The number of pyridine rings is 1. The van der Waals surface area contributed by atoms with Crippen molar-refractivity contribution in [2.24, 2.45) is 0 Å². The molecule has 1 amide bonds. The Hall–Kier alpha value is -2.30. The van der Waals surface area contributed by atoms with Gasteiger partial charge in [-0.15, -0.1) is 0 Å². The van der Waals surface area contributed by atoms with E-state index in [2.05, 4.69) is 35.4 Å². The zero-order valence-corrected chi connectivity index (χ0v) is 14.8. The molecule has 1 N–H and O–H groups in total. The van der Waals surface area contributed by atoms with Gasteiger partial charge in [-0.1, -0.05) is 6.07 Å². The van der Waals surface area contributed by atoms with E-state index in [0.29, 0.717) is 6.54 Å². The summed E-state index contributed by atoms with van der Waals surface area (Å²) in [6, 6.07) is 8.50. The van der Waals surface area contributed by atoms with Crippen LogP contribution in [0.1, 0.15) is 32.8 Å². The van der Waals surface area contributed by atoms with Crippen LogP contribution in [-0.4, -0.2) is 40.7 Å². The van der Waals surface area contributed by atoms with Crippen LogP contribution in [0.25, 0.3) is 10.9 Å². The van der Waals surface area contributed by atoms with Crippen molar-refractivity contribution in [3.05, 3.63) is 36.0 Å². The van der Waals surface area contributed by atoms with Crippen molar-refractivity contribution in [2.75, 3.05) is 18.4 Å². The summed E-state index contributed by atoms with van der Waals surface area (Å²) in [5.41, 5.74) is 2.80. The predicted molar refractivity (Wildman–Crippen MR) is 96.3 cm³/mol. The van der Waals surface area contributed by atoms with E-state index in [0.717, 1.165) is 35.1 Å². The van der Waals surface area contributed by atoms with Gasteiger partial charge in [0.05, 0.1) is 5.52 Å². The molecule has 1 unspecified atom stereocenters. The van der Waals surface area contributed by atoms with Crippen LogP contribution in [0, 0.1) is 6.92 Å². The monoisotopic (exact) mass is 327 g/mol. The third-order valence-corrected chi connectivity index (χ3v) is 4.11. The molecule has 2 heterocycles.